The van der Waals surface area contributed by atoms with Gasteiger partial charge >= 0.3 is 10.2 Å². The predicted octanol–water partition coefficient (Wildman–Crippen LogP) is -0.336. The molecule has 2 saturated heterocycles. The van der Waals surface area contributed by atoms with Gasteiger partial charge in [0.05, 0.1) is 6.10 Å². The first-order valence-corrected chi connectivity index (χ1v) is 5.82. The molecule has 2 rings (SSSR count). The second-order valence-electron chi connectivity index (χ2n) is 3.78. The van der Waals surface area contributed by atoms with Gasteiger partial charge in [-0.25, -0.2) is 0 Å². The van der Waals surface area contributed by atoms with E-state index in [1.54, 1.807) is 0 Å². The van der Waals surface area contributed by atoms with Gasteiger partial charge in [0.2, 0.25) is 0 Å². The third-order valence-corrected chi connectivity index (χ3v) is 3.61. The van der Waals surface area contributed by atoms with Gasteiger partial charge in [0.1, 0.15) is 5.75 Å². The van der Waals surface area contributed by atoms with Crippen LogP contribution in [0.15, 0.2) is 0 Å². The monoisotopic (exact) mass is 209 g/mol. The lowest BCUT2D eigenvalue weighted by molar-refractivity contribution is 0.0353. The summed E-state index contributed by atoms with van der Waals surface area (Å²) in [7, 11) is -4.41. The number of ether oxygens (including phenoxy) is 1. The molecular formula is C7H12FNO3S. The van der Waals surface area contributed by atoms with Crippen LogP contribution in [0.4, 0.5) is 3.89 Å². The van der Waals surface area contributed by atoms with Crippen LogP contribution in [0.5, 0.6) is 0 Å². The molecule has 0 aromatic heterocycles. The fraction of sp³-hybridized carbons (Fsp3) is 1.00. The van der Waals surface area contributed by atoms with Crippen molar-refractivity contribution in [2.45, 2.75) is 12.5 Å². The molecular weight excluding hydrogens is 197 g/mol. The van der Waals surface area contributed by atoms with Crippen LogP contribution in [0.1, 0.15) is 6.42 Å². The average molecular weight is 209 g/mol. The maximum atomic E-state index is 12.4. The highest BCUT2D eigenvalue weighted by molar-refractivity contribution is 7.86. The van der Waals surface area contributed by atoms with Gasteiger partial charge < -0.3 is 10.1 Å². The number of halogens is 1. The Bertz CT molecular complexity index is 299. The summed E-state index contributed by atoms with van der Waals surface area (Å²) in [6, 6.07) is 0. The minimum Gasteiger partial charge on any atom is -0.376 e. The van der Waals surface area contributed by atoms with Crippen molar-refractivity contribution >= 4 is 10.2 Å². The lowest BCUT2D eigenvalue weighted by Crippen LogP contribution is -2.58. The van der Waals surface area contributed by atoms with Crippen molar-refractivity contribution in [2.24, 2.45) is 5.41 Å². The molecule has 0 aromatic rings. The van der Waals surface area contributed by atoms with E-state index in [0.29, 0.717) is 6.61 Å². The SMILES string of the molecule is O=S(=O)(F)CC1OCCC12CNC2. The topological polar surface area (TPSA) is 55.4 Å². The van der Waals surface area contributed by atoms with Gasteiger partial charge in [-0.15, -0.1) is 3.89 Å². The Balaban J connectivity index is 2.06. The molecule has 2 aliphatic heterocycles. The molecule has 1 atom stereocenters. The van der Waals surface area contributed by atoms with Crippen molar-refractivity contribution in [3.8, 4) is 0 Å². The summed E-state index contributed by atoms with van der Waals surface area (Å²) in [5.74, 6) is -0.491. The van der Waals surface area contributed by atoms with Crippen LogP contribution in [0, 0.1) is 5.41 Å². The van der Waals surface area contributed by atoms with E-state index in [1.165, 1.54) is 0 Å². The van der Waals surface area contributed by atoms with Gasteiger partial charge in [0.25, 0.3) is 0 Å². The van der Waals surface area contributed by atoms with Gasteiger partial charge in [-0.3, -0.25) is 0 Å². The van der Waals surface area contributed by atoms with E-state index in [2.05, 4.69) is 5.32 Å². The van der Waals surface area contributed by atoms with Crippen LogP contribution < -0.4 is 5.32 Å². The summed E-state index contributed by atoms with van der Waals surface area (Å²) in [5, 5.41) is 3.06. The van der Waals surface area contributed by atoms with E-state index in [-0.39, 0.29) is 5.41 Å². The summed E-state index contributed by atoms with van der Waals surface area (Å²) in [4.78, 5) is 0. The Labute approximate surface area is 76.7 Å². The lowest BCUT2D eigenvalue weighted by atomic mass is 9.76. The van der Waals surface area contributed by atoms with Crippen molar-refractivity contribution in [1.82, 2.24) is 5.32 Å². The van der Waals surface area contributed by atoms with Crippen molar-refractivity contribution in [3.63, 3.8) is 0 Å². The molecule has 2 aliphatic rings. The van der Waals surface area contributed by atoms with Crippen molar-refractivity contribution in [2.75, 3.05) is 25.4 Å². The second kappa shape index (κ2) is 2.90. The number of nitrogens with one attached hydrogen (secondary N) is 1. The Hall–Kier alpha value is -0.200. The molecule has 4 nitrogen and oxygen atoms in total. The minimum absolute atomic E-state index is 0.112. The molecule has 2 heterocycles. The lowest BCUT2D eigenvalue weighted by Gasteiger charge is -2.42. The largest absolute Gasteiger partial charge is 0.376 e. The quantitative estimate of drug-likeness (QED) is 0.632. The fourth-order valence-corrected chi connectivity index (χ4v) is 2.81. The second-order valence-corrected chi connectivity index (χ2v) is 5.19. The van der Waals surface area contributed by atoms with Gasteiger partial charge in [-0.2, -0.15) is 8.42 Å². The third kappa shape index (κ3) is 1.70. The highest BCUT2D eigenvalue weighted by Gasteiger charge is 2.50. The third-order valence-electron chi connectivity index (χ3n) is 2.91. The number of hydrogen-bond acceptors (Lipinski definition) is 4. The normalized spacial score (nSPS) is 31.9. The molecule has 0 amide bonds. The van der Waals surface area contributed by atoms with E-state index in [1.807, 2.05) is 0 Å². The summed E-state index contributed by atoms with van der Waals surface area (Å²) in [6.45, 7) is 2.03. The zero-order valence-corrected chi connectivity index (χ0v) is 7.94. The van der Waals surface area contributed by atoms with Gasteiger partial charge in [0.15, 0.2) is 0 Å². The van der Waals surface area contributed by atoms with Gasteiger partial charge in [-0.05, 0) is 6.42 Å². The molecule has 0 bridgehead atoms. The fourth-order valence-electron chi connectivity index (χ4n) is 2.00. The molecule has 0 radical (unpaired) electrons. The Kier molecular flexibility index (Phi) is 2.08. The van der Waals surface area contributed by atoms with Crippen LogP contribution in [-0.2, 0) is 15.0 Å². The summed E-state index contributed by atoms with van der Waals surface area (Å²) in [5.41, 5.74) is -0.112. The summed E-state index contributed by atoms with van der Waals surface area (Å²) < 4.78 is 38.5. The molecule has 13 heavy (non-hydrogen) atoms. The van der Waals surface area contributed by atoms with Crippen LogP contribution in [0.2, 0.25) is 0 Å². The first-order valence-electron chi connectivity index (χ1n) is 4.27. The van der Waals surface area contributed by atoms with Crippen LogP contribution in [0.25, 0.3) is 0 Å². The maximum Gasteiger partial charge on any atom is 0.304 e. The zero-order chi connectivity index (χ0) is 9.53. The Morgan fingerprint density at radius 3 is 2.69 bits per heavy atom. The summed E-state index contributed by atoms with van der Waals surface area (Å²) >= 11 is 0. The zero-order valence-electron chi connectivity index (χ0n) is 7.12. The van der Waals surface area contributed by atoms with Crippen molar-refractivity contribution in [3.05, 3.63) is 0 Å². The van der Waals surface area contributed by atoms with E-state index in [0.717, 1.165) is 19.5 Å². The van der Waals surface area contributed by atoms with Crippen LogP contribution in [-0.4, -0.2) is 40.0 Å². The standard InChI is InChI=1S/C7H12FNO3S/c8-13(10,11)3-6-7(1-2-12-6)4-9-5-7/h6,9H,1-5H2. The molecule has 1 N–H and O–H groups in total. The molecule has 2 fully saturated rings. The highest BCUT2D eigenvalue weighted by Crippen LogP contribution is 2.39. The van der Waals surface area contributed by atoms with Gasteiger partial charge in [-0.1, -0.05) is 0 Å². The molecule has 76 valence electrons. The Morgan fingerprint density at radius 1 is 1.54 bits per heavy atom. The van der Waals surface area contributed by atoms with E-state index >= 15 is 0 Å². The first-order chi connectivity index (χ1) is 6.02. The minimum atomic E-state index is -4.41. The average Bonchev–Trinajstić information content (AvgIpc) is 2.25. The maximum absolute atomic E-state index is 12.4. The van der Waals surface area contributed by atoms with Crippen LogP contribution >= 0.6 is 0 Å². The van der Waals surface area contributed by atoms with Crippen molar-refractivity contribution < 1.29 is 17.0 Å². The molecule has 6 heteroatoms. The molecule has 0 aromatic carbocycles. The number of hydrogen-bond donors (Lipinski definition) is 1. The molecule has 1 spiro atoms. The molecule has 0 aliphatic carbocycles. The smallest absolute Gasteiger partial charge is 0.304 e. The Morgan fingerprint density at radius 2 is 2.23 bits per heavy atom. The predicted molar refractivity (Wildman–Crippen MR) is 44.6 cm³/mol. The first kappa shape index (κ1) is 9.36. The molecule has 0 saturated carbocycles. The summed E-state index contributed by atoms with van der Waals surface area (Å²) in [6.07, 6.45) is 0.379. The van der Waals surface area contributed by atoms with E-state index in [4.69, 9.17) is 4.74 Å². The van der Waals surface area contributed by atoms with Gasteiger partial charge in [0, 0.05) is 25.1 Å². The van der Waals surface area contributed by atoms with E-state index < -0.39 is 22.1 Å². The van der Waals surface area contributed by atoms with Crippen molar-refractivity contribution in [1.29, 1.82) is 0 Å². The number of rotatable bonds is 2. The molecule has 1 unspecified atom stereocenters. The van der Waals surface area contributed by atoms with Crippen LogP contribution in [0.3, 0.4) is 0 Å². The van der Waals surface area contributed by atoms with E-state index in [9.17, 15) is 12.3 Å². The highest BCUT2D eigenvalue weighted by atomic mass is 32.3.